The van der Waals surface area contributed by atoms with Crippen LogP contribution in [0.4, 0.5) is 0 Å². The van der Waals surface area contributed by atoms with E-state index in [2.05, 4.69) is 3.53 Å². The minimum Gasteiger partial charge on any atom is -0.478 e. The van der Waals surface area contributed by atoms with Gasteiger partial charge in [-0.15, -0.1) is 0 Å². The van der Waals surface area contributed by atoms with Crippen LogP contribution in [-0.4, -0.2) is 17.0 Å². The van der Waals surface area contributed by atoms with Crippen LogP contribution in [-0.2, 0) is 9.59 Å². The predicted octanol–water partition coefficient (Wildman–Crippen LogP) is 0.0934. The predicted molar refractivity (Wildman–Crippen MR) is 38.9 cm³/mol. The molecule has 0 aliphatic rings. The first kappa shape index (κ1) is 8.41. The second kappa shape index (κ2) is 4.30. The molecule has 0 bridgehead atoms. The van der Waals surface area contributed by atoms with Gasteiger partial charge in [0.1, 0.15) is 0 Å². The number of carboxylic acid groups (broad SMARTS) is 1. The number of carboxylic acids is 1. The van der Waals surface area contributed by atoms with Crippen molar-refractivity contribution in [2.45, 2.75) is 0 Å². The number of aliphatic carboxylic acids is 1. The molecule has 0 aromatic rings. The van der Waals surface area contributed by atoms with Gasteiger partial charge in [0.05, 0.1) is 22.9 Å². The summed E-state index contributed by atoms with van der Waals surface area (Å²) in [5.74, 6) is -1.56. The lowest BCUT2D eigenvalue weighted by Crippen LogP contribution is -2.07. The van der Waals surface area contributed by atoms with Crippen molar-refractivity contribution in [3.8, 4) is 0 Å². The second-order valence-electron chi connectivity index (χ2n) is 1.13. The van der Waals surface area contributed by atoms with Gasteiger partial charge < -0.3 is 5.11 Å². The zero-order valence-electron chi connectivity index (χ0n) is 4.30. The molecular formula is C4H4INO3. The molecule has 0 heterocycles. The van der Waals surface area contributed by atoms with Crippen LogP contribution in [0.3, 0.4) is 0 Å². The van der Waals surface area contributed by atoms with Crippen LogP contribution in [0.25, 0.3) is 0 Å². The van der Waals surface area contributed by atoms with Crippen LogP contribution < -0.4 is 3.53 Å². The molecule has 5 heteroatoms. The highest BCUT2D eigenvalue weighted by Gasteiger charge is 1.90. The number of amides is 1. The van der Waals surface area contributed by atoms with Gasteiger partial charge in [0.15, 0.2) is 0 Å². The fourth-order valence-electron chi connectivity index (χ4n) is 0.178. The van der Waals surface area contributed by atoms with E-state index in [1.807, 2.05) is 0 Å². The third-order valence-corrected chi connectivity index (χ3v) is 1.00. The van der Waals surface area contributed by atoms with E-state index < -0.39 is 11.9 Å². The van der Waals surface area contributed by atoms with Crippen molar-refractivity contribution < 1.29 is 14.7 Å². The highest BCUT2D eigenvalue weighted by molar-refractivity contribution is 14.1. The van der Waals surface area contributed by atoms with Crippen molar-refractivity contribution in [1.82, 2.24) is 3.53 Å². The van der Waals surface area contributed by atoms with E-state index in [1.165, 1.54) is 0 Å². The Labute approximate surface area is 65.4 Å². The Morgan fingerprint density at radius 1 is 1.44 bits per heavy atom. The van der Waals surface area contributed by atoms with Crippen LogP contribution in [0.2, 0.25) is 0 Å². The van der Waals surface area contributed by atoms with Gasteiger partial charge in [-0.2, -0.15) is 0 Å². The normalized spacial score (nSPS) is 9.44. The average molecular weight is 241 g/mol. The van der Waals surface area contributed by atoms with E-state index in [-0.39, 0.29) is 0 Å². The molecule has 1 amide bonds. The lowest BCUT2D eigenvalue weighted by Gasteiger charge is -1.83. The molecule has 0 fully saturated rings. The maximum atomic E-state index is 10.2. The van der Waals surface area contributed by atoms with Crippen molar-refractivity contribution in [1.29, 1.82) is 0 Å². The number of nitrogens with one attached hydrogen (secondary N) is 1. The summed E-state index contributed by atoms with van der Waals surface area (Å²) in [4.78, 5) is 20.0. The first-order chi connectivity index (χ1) is 4.16. The quantitative estimate of drug-likeness (QED) is 0.409. The first-order valence-electron chi connectivity index (χ1n) is 1.98. The Morgan fingerprint density at radius 2 is 2.00 bits per heavy atom. The Morgan fingerprint density at radius 3 is 2.33 bits per heavy atom. The van der Waals surface area contributed by atoms with E-state index in [0.717, 1.165) is 12.2 Å². The third-order valence-electron chi connectivity index (χ3n) is 0.470. The minimum absolute atomic E-state index is 0.432. The van der Waals surface area contributed by atoms with Crippen molar-refractivity contribution in [3.05, 3.63) is 12.2 Å². The van der Waals surface area contributed by atoms with Crippen molar-refractivity contribution in [3.63, 3.8) is 0 Å². The molecule has 0 saturated heterocycles. The summed E-state index contributed by atoms with van der Waals surface area (Å²) in [6.07, 6.45) is 1.71. The van der Waals surface area contributed by atoms with Gasteiger partial charge in [-0.05, 0) is 0 Å². The van der Waals surface area contributed by atoms with E-state index in [0.29, 0.717) is 0 Å². The Hall–Kier alpha value is -0.590. The summed E-state index contributed by atoms with van der Waals surface area (Å²) in [6, 6.07) is 0. The van der Waals surface area contributed by atoms with Gasteiger partial charge >= 0.3 is 5.97 Å². The zero-order chi connectivity index (χ0) is 7.28. The van der Waals surface area contributed by atoms with Crippen LogP contribution in [0.1, 0.15) is 0 Å². The molecule has 0 aliphatic carbocycles. The highest BCUT2D eigenvalue weighted by atomic mass is 127. The van der Waals surface area contributed by atoms with E-state index >= 15 is 0 Å². The summed E-state index contributed by atoms with van der Waals surface area (Å²) in [7, 11) is 0. The first-order valence-corrected chi connectivity index (χ1v) is 3.06. The fraction of sp³-hybridized carbons (Fsp3) is 0. The van der Waals surface area contributed by atoms with Gasteiger partial charge in [0, 0.05) is 12.2 Å². The molecular weight excluding hydrogens is 237 g/mol. The van der Waals surface area contributed by atoms with Gasteiger partial charge in [-0.25, -0.2) is 4.79 Å². The third kappa shape index (κ3) is 5.28. The molecule has 0 spiro atoms. The van der Waals surface area contributed by atoms with E-state index in [1.54, 1.807) is 22.9 Å². The number of hydrogen-bond donors (Lipinski definition) is 2. The SMILES string of the molecule is O=C(O)/C=C\C(=O)NI. The van der Waals surface area contributed by atoms with Crippen LogP contribution in [0.15, 0.2) is 12.2 Å². The summed E-state index contributed by atoms with van der Waals surface area (Å²) < 4.78 is 2.20. The van der Waals surface area contributed by atoms with Gasteiger partial charge in [0.2, 0.25) is 0 Å². The molecule has 0 aromatic carbocycles. The van der Waals surface area contributed by atoms with Crippen molar-refractivity contribution in [2.24, 2.45) is 0 Å². The molecule has 50 valence electrons. The number of carbonyl (C=O) groups is 2. The van der Waals surface area contributed by atoms with E-state index in [9.17, 15) is 9.59 Å². The molecule has 0 saturated carbocycles. The van der Waals surface area contributed by atoms with Gasteiger partial charge in [-0.1, -0.05) is 0 Å². The molecule has 0 atom stereocenters. The number of rotatable bonds is 2. The Bertz CT molecular complexity index is 154. The van der Waals surface area contributed by atoms with Gasteiger partial charge in [0.25, 0.3) is 5.91 Å². The standard InChI is InChI=1S/C4H4INO3/c5-6-3(7)1-2-4(8)9/h1-2H,(H,6,7)(H,8,9)/b2-1-. The molecule has 9 heavy (non-hydrogen) atoms. The lowest BCUT2D eigenvalue weighted by atomic mass is 10.5. The summed E-state index contributed by atoms with van der Waals surface area (Å²) in [5.41, 5.74) is 0. The highest BCUT2D eigenvalue weighted by Crippen LogP contribution is 1.76. The van der Waals surface area contributed by atoms with Gasteiger partial charge in [-0.3, -0.25) is 8.32 Å². The molecule has 0 aromatic heterocycles. The summed E-state index contributed by atoms with van der Waals surface area (Å²) in [6.45, 7) is 0. The zero-order valence-corrected chi connectivity index (χ0v) is 6.45. The Kier molecular flexibility index (Phi) is 4.02. The minimum atomic E-state index is -1.13. The second-order valence-corrected chi connectivity index (χ2v) is 1.67. The van der Waals surface area contributed by atoms with Crippen LogP contribution in [0.5, 0.6) is 0 Å². The smallest absolute Gasteiger partial charge is 0.328 e. The van der Waals surface area contributed by atoms with Crippen LogP contribution >= 0.6 is 22.9 Å². The molecule has 0 aliphatic heterocycles. The topological polar surface area (TPSA) is 66.4 Å². The fourth-order valence-corrected chi connectivity index (χ4v) is 0.358. The lowest BCUT2D eigenvalue weighted by molar-refractivity contribution is -0.131. The Balaban J connectivity index is 3.71. The summed E-state index contributed by atoms with van der Waals surface area (Å²) in [5, 5.41) is 7.99. The maximum Gasteiger partial charge on any atom is 0.328 e. The number of halogens is 1. The monoisotopic (exact) mass is 241 g/mol. The maximum absolute atomic E-state index is 10.2. The largest absolute Gasteiger partial charge is 0.478 e. The molecule has 4 nitrogen and oxygen atoms in total. The summed E-state index contributed by atoms with van der Waals surface area (Å²) >= 11 is 1.62. The van der Waals surface area contributed by atoms with Crippen molar-refractivity contribution >= 4 is 34.7 Å². The molecule has 2 N–H and O–H groups in total. The molecule has 0 radical (unpaired) electrons. The average Bonchev–Trinajstić information content (AvgIpc) is 1.83. The van der Waals surface area contributed by atoms with Crippen molar-refractivity contribution in [2.75, 3.05) is 0 Å². The number of carbonyl (C=O) groups excluding carboxylic acids is 1. The number of hydrogen-bond acceptors (Lipinski definition) is 2. The molecule has 0 unspecified atom stereocenters. The molecule has 0 rings (SSSR count). The van der Waals surface area contributed by atoms with Crippen LogP contribution in [0, 0.1) is 0 Å². The van der Waals surface area contributed by atoms with E-state index in [4.69, 9.17) is 5.11 Å².